The van der Waals surface area contributed by atoms with Gasteiger partial charge in [0.1, 0.15) is 0 Å². The molecular formula is C15H22N2. The minimum absolute atomic E-state index is 1.11. The first-order valence-corrected chi connectivity index (χ1v) is 6.53. The Morgan fingerprint density at radius 1 is 1.00 bits per heavy atom. The lowest BCUT2D eigenvalue weighted by molar-refractivity contribution is 0.240. The van der Waals surface area contributed by atoms with Crippen molar-refractivity contribution < 1.29 is 0 Å². The molecule has 0 N–H and O–H groups in total. The number of rotatable bonds is 2. The fraction of sp³-hybridized carbons (Fsp3) is 0.533. The highest BCUT2D eigenvalue weighted by Gasteiger charge is 2.07. The first-order chi connectivity index (χ1) is 8.16. The Bertz CT molecular complexity index is 392. The molecule has 1 aromatic carbocycles. The molecule has 1 fully saturated rings. The van der Waals surface area contributed by atoms with E-state index >= 15 is 0 Å². The molecule has 2 heteroatoms. The zero-order valence-electron chi connectivity index (χ0n) is 11.2. The van der Waals surface area contributed by atoms with Gasteiger partial charge in [0.2, 0.25) is 0 Å². The fourth-order valence-electron chi connectivity index (χ4n) is 2.53. The van der Waals surface area contributed by atoms with Gasteiger partial charge in [-0.05, 0) is 51.2 Å². The van der Waals surface area contributed by atoms with E-state index in [1.165, 1.54) is 41.5 Å². The summed E-state index contributed by atoms with van der Waals surface area (Å²) in [6.07, 6.45) is 5.95. The summed E-state index contributed by atoms with van der Waals surface area (Å²) in [6, 6.07) is 4.45. The number of benzene rings is 1. The van der Waals surface area contributed by atoms with Crippen LogP contribution in [0.4, 0.5) is 0 Å². The molecule has 0 amide bonds. The highest BCUT2D eigenvalue weighted by Crippen LogP contribution is 2.15. The van der Waals surface area contributed by atoms with Gasteiger partial charge in [0, 0.05) is 18.7 Å². The molecule has 0 spiro atoms. The minimum atomic E-state index is 1.11. The van der Waals surface area contributed by atoms with Crippen LogP contribution in [0, 0.1) is 20.8 Å². The Morgan fingerprint density at radius 2 is 1.59 bits per heavy atom. The second kappa shape index (κ2) is 5.35. The van der Waals surface area contributed by atoms with Crippen molar-refractivity contribution in [1.29, 1.82) is 0 Å². The Labute approximate surface area is 104 Å². The molecule has 1 heterocycles. The van der Waals surface area contributed by atoms with Gasteiger partial charge in [0.05, 0.1) is 6.21 Å². The van der Waals surface area contributed by atoms with E-state index in [1.807, 2.05) is 6.21 Å². The second-order valence-electron chi connectivity index (χ2n) is 5.07. The van der Waals surface area contributed by atoms with Crippen LogP contribution in [0.15, 0.2) is 17.2 Å². The van der Waals surface area contributed by atoms with Crippen molar-refractivity contribution in [3.63, 3.8) is 0 Å². The number of hydrogen-bond acceptors (Lipinski definition) is 2. The van der Waals surface area contributed by atoms with Gasteiger partial charge in [-0.2, -0.15) is 5.10 Å². The van der Waals surface area contributed by atoms with Crippen molar-refractivity contribution in [2.45, 2.75) is 40.0 Å². The van der Waals surface area contributed by atoms with Gasteiger partial charge in [0.15, 0.2) is 0 Å². The molecule has 0 radical (unpaired) electrons. The molecule has 1 aliphatic rings. The molecule has 0 atom stereocenters. The summed E-state index contributed by atoms with van der Waals surface area (Å²) >= 11 is 0. The summed E-state index contributed by atoms with van der Waals surface area (Å²) in [7, 11) is 0. The molecule has 0 aromatic heterocycles. The average Bonchev–Trinajstić information content (AvgIpc) is 2.29. The van der Waals surface area contributed by atoms with Crippen LogP contribution in [0.3, 0.4) is 0 Å². The van der Waals surface area contributed by atoms with Crippen LogP contribution in [-0.2, 0) is 0 Å². The van der Waals surface area contributed by atoms with Crippen molar-refractivity contribution in [3.05, 3.63) is 34.4 Å². The van der Waals surface area contributed by atoms with E-state index in [0.717, 1.165) is 13.1 Å². The molecule has 2 rings (SSSR count). The maximum absolute atomic E-state index is 4.61. The van der Waals surface area contributed by atoms with Crippen LogP contribution >= 0.6 is 0 Å². The van der Waals surface area contributed by atoms with Gasteiger partial charge in [-0.3, -0.25) is 5.01 Å². The van der Waals surface area contributed by atoms with E-state index < -0.39 is 0 Å². The molecule has 0 aliphatic carbocycles. The Kier molecular flexibility index (Phi) is 3.82. The van der Waals surface area contributed by atoms with Crippen LogP contribution in [0.1, 0.15) is 41.5 Å². The summed E-state index contributed by atoms with van der Waals surface area (Å²) in [5.41, 5.74) is 5.25. The molecule has 1 saturated heterocycles. The first-order valence-electron chi connectivity index (χ1n) is 6.53. The van der Waals surface area contributed by atoms with Gasteiger partial charge in [-0.1, -0.05) is 17.7 Å². The largest absolute Gasteiger partial charge is 0.297 e. The Morgan fingerprint density at radius 3 is 2.18 bits per heavy atom. The smallest absolute Gasteiger partial charge is 0.0548 e. The molecule has 2 nitrogen and oxygen atoms in total. The predicted octanol–water partition coefficient (Wildman–Crippen LogP) is 3.43. The van der Waals surface area contributed by atoms with Gasteiger partial charge in [-0.25, -0.2) is 0 Å². The summed E-state index contributed by atoms with van der Waals surface area (Å²) in [5, 5.41) is 6.81. The lowest BCUT2D eigenvalue weighted by Gasteiger charge is -2.23. The highest BCUT2D eigenvalue weighted by molar-refractivity contribution is 5.83. The maximum Gasteiger partial charge on any atom is 0.0548 e. The first kappa shape index (κ1) is 12.2. The standard InChI is InChI=1S/C15H22N2/c1-12-9-13(2)15(14(3)10-12)11-16-17-7-5-4-6-8-17/h9-11H,4-8H2,1-3H3/b16-11+. The summed E-state index contributed by atoms with van der Waals surface area (Å²) in [5.74, 6) is 0. The Balaban J connectivity index is 2.14. The van der Waals surface area contributed by atoms with Crippen LogP contribution in [0.2, 0.25) is 0 Å². The molecule has 92 valence electrons. The zero-order valence-corrected chi connectivity index (χ0v) is 11.2. The molecule has 0 unspecified atom stereocenters. The minimum Gasteiger partial charge on any atom is -0.297 e. The van der Waals surface area contributed by atoms with Crippen LogP contribution < -0.4 is 0 Å². The number of aryl methyl sites for hydroxylation is 3. The topological polar surface area (TPSA) is 15.6 Å². The average molecular weight is 230 g/mol. The second-order valence-corrected chi connectivity index (χ2v) is 5.07. The lowest BCUT2D eigenvalue weighted by atomic mass is 10.0. The normalized spacial score (nSPS) is 16.8. The number of nitrogens with zero attached hydrogens (tertiary/aromatic N) is 2. The van der Waals surface area contributed by atoms with Gasteiger partial charge in [0.25, 0.3) is 0 Å². The maximum atomic E-state index is 4.61. The number of hydrazone groups is 1. The third-order valence-corrected chi connectivity index (χ3v) is 3.42. The van der Waals surface area contributed by atoms with Gasteiger partial charge in [-0.15, -0.1) is 0 Å². The van der Waals surface area contributed by atoms with Gasteiger partial charge >= 0.3 is 0 Å². The van der Waals surface area contributed by atoms with E-state index in [9.17, 15) is 0 Å². The zero-order chi connectivity index (χ0) is 12.3. The molecular weight excluding hydrogens is 208 g/mol. The highest BCUT2D eigenvalue weighted by atomic mass is 15.4. The van der Waals surface area contributed by atoms with E-state index in [0.29, 0.717) is 0 Å². The van der Waals surface area contributed by atoms with Crippen molar-refractivity contribution in [2.24, 2.45) is 5.10 Å². The molecule has 1 aliphatic heterocycles. The van der Waals surface area contributed by atoms with Gasteiger partial charge < -0.3 is 0 Å². The summed E-state index contributed by atoms with van der Waals surface area (Å²) < 4.78 is 0. The van der Waals surface area contributed by atoms with Crippen LogP contribution in [0.5, 0.6) is 0 Å². The van der Waals surface area contributed by atoms with Crippen molar-refractivity contribution in [3.8, 4) is 0 Å². The molecule has 1 aromatic rings. The third-order valence-electron chi connectivity index (χ3n) is 3.42. The quantitative estimate of drug-likeness (QED) is 0.711. The van der Waals surface area contributed by atoms with E-state index in [-0.39, 0.29) is 0 Å². The summed E-state index contributed by atoms with van der Waals surface area (Å²) in [4.78, 5) is 0. The summed E-state index contributed by atoms with van der Waals surface area (Å²) in [6.45, 7) is 8.70. The van der Waals surface area contributed by atoms with E-state index in [4.69, 9.17) is 0 Å². The van der Waals surface area contributed by atoms with E-state index in [1.54, 1.807) is 0 Å². The molecule has 0 saturated carbocycles. The fourth-order valence-corrected chi connectivity index (χ4v) is 2.53. The predicted molar refractivity (Wildman–Crippen MR) is 73.7 cm³/mol. The monoisotopic (exact) mass is 230 g/mol. The van der Waals surface area contributed by atoms with Crippen LogP contribution in [0.25, 0.3) is 0 Å². The van der Waals surface area contributed by atoms with Crippen molar-refractivity contribution in [1.82, 2.24) is 5.01 Å². The molecule has 17 heavy (non-hydrogen) atoms. The Hall–Kier alpha value is -1.31. The van der Waals surface area contributed by atoms with Crippen LogP contribution in [-0.4, -0.2) is 24.3 Å². The molecule has 0 bridgehead atoms. The SMILES string of the molecule is Cc1cc(C)c(/C=N/N2CCCCC2)c(C)c1. The third kappa shape index (κ3) is 3.09. The van der Waals surface area contributed by atoms with Crippen molar-refractivity contribution >= 4 is 6.21 Å². The number of piperidine rings is 1. The van der Waals surface area contributed by atoms with E-state index in [2.05, 4.69) is 43.0 Å². The number of hydrogen-bond donors (Lipinski definition) is 0. The van der Waals surface area contributed by atoms with Crippen molar-refractivity contribution in [2.75, 3.05) is 13.1 Å². The lowest BCUT2D eigenvalue weighted by Crippen LogP contribution is -2.24.